The van der Waals surface area contributed by atoms with Crippen LogP contribution in [0.25, 0.3) is 11.0 Å². The number of imidazole rings is 1. The number of thioether (sulfide) groups is 1. The van der Waals surface area contributed by atoms with E-state index in [0.29, 0.717) is 6.04 Å². The van der Waals surface area contributed by atoms with Gasteiger partial charge in [-0.15, -0.1) is 0 Å². The van der Waals surface area contributed by atoms with Gasteiger partial charge in [0.15, 0.2) is 5.16 Å². The molecule has 0 aliphatic carbocycles. The van der Waals surface area contributed by atoms with E-state index in [1.807, 2.05) is 0 Å². The summed E-state index contributed by atoms with van der Waals surface area (Å²) in [6.07, 6.45) is 1.18. The number of aromatic amines is 1. The number of aromatic nitrogens is 2. The molecule has 0 saturated heterocycles. The maximum Gasteiger partial charge on any atom is 0.166 e. The van der Waals surface area contributed by atoms with Crippen molar-refractivity contribution in [3.8, 4) is 0 Å². The number of nitrogens with one attached hydrogen (secondary N) is 2. The van der Waals surface area contributed by atoms with Crippen molar-refractivity contribution in [3.05, 3.63) is 23.8 Å². The Morgan fingerprint density at radius 3 is 3.06 bits per heavy atom. The van der Waals surface area contributed by atoms with Gasteiger partial charge in [0, 0.05) is 11.8 Å². The van der Waals surface area contributed by atoms with Crippen molar-refractivity contribution in [3.63, 3.8) is 0 Å². The summed E-state index contributed by atoms with van der Waals surface area (Å²) in [5, 5.41) is 4.50. The molecule has 98 valence electrons. The zero-order chi connectivity index (χ0) is 13.0. The van der Waals surface area contributed by atoms with E-state index in [9.17, 15) is 0 Å². The molecule has 0 aliphatic rings. The maximum atomic E-state index is 4.59. The lowest BCUT2D eigenvalue weighted by atomic mass is 10.2. The van der Waals surface area contributed by atoms with Crippen LogP contribution in [-0.2, 0) is 0 Å². The van der Waals surface area contributed by atoms with E-state index in [4.69, 9.17) is 0 Å². The van der Waals surface area contributed by atoms with E-state index in [1.54, 1.807) is 11.8 Å². The van der Waals surface area contributed by atoms with Crippen molar-refractivity contribution in [2.45, 2.75) is 38.4 Å². The van der Waals surface area contributed by atoms with Gasteiger partial charge >= 0.3 is 0 Å². The molecule has 1 heterocycles. The minimum Gasteiger partial charge on any atom is -0.333 e. The standard InChI is InChI=1S/C14H21N3S/c1-4-7-15-11(3)9-18-14-16-12-6-5-10(2)8-13(12)17-14/h5-6,8,11,15H,4,7,9H2,1-3H3,(H,16,17). The molecule has 2 N–H and O–H groups in total. The number of hydrogen-bond acceptors (Lipinski definition) is 3. The average molecular weight is 263 g/mol. The molecule has 0 amide bonds. The first kappa shape index (κ1) is 13.4. The fourth-order valence-electron chi connectivity index (χ4n) is 1.82. The third-order valence-electron chi connectivity index (χ3n) is 2.83. The number of nitrogens with zero attached hydrogens (tertiary/aromatic N) is 1. The molecule has 0 aliphatic heterocycles. The minimum atomic E-state index is 0.518. The van der Waals surface area contributed by atoms with Crippen LogP contribution in [0.4, 0.5) is 0 Å². The summed E-state index contributed by atoms with van der Waals surface area (Å²) in [5.41, 5.74) is 3.45. The number of rotatable bonds is 6. The topological polar surface area (TPSA) is 40.7 Å². The predicted molar refractivity (Wildman–Crippen MR) is 79.3 cm³/mol. The molecule has 0 bridgehead atoms. The van der Waals surface area contributed by atoms with Crippen molar-refractivity contribution < 1.29 is 0 Å². The first-order chi connectivity index (χ1) is 8.69. The Labute approximate surface area is 113 Å². The quantitative estimate of drug-likeness (QED) is 0.785. The molecule has 2 rings (SSSR count). The SMILES string of the molecule is CCCNC(C)CSc1nc2ccc(C)cc2[nH]1. The zero-order valence-corrected chi connectivity index (χ0v) is 12.1. The molecule has 1 aromatic heterocycles. The molecule has 1 unspecified atom stereocenters. The summed E-state index contributed by atoms with van der Waals surface area (Å²) >= 11 is 1.78. The highest BCUT2D eigenvalue weighted by Gasteiger charge is 2.06. The average Bonchev–Trinajstić information content (AvgIpc) is 2.75. The van der Waals surface area contributed by atoms with Gasteiger partial charge in [0.25, 0.3) is 0 Å². The summed E-state index contributed by atoms with van der Waals surface area (Å²) in [6, 6.07) is 6.84. The van der Waals surface area contributed by atoms with Crippen LogP contribution >= 0.6 is 11.8 Å². The molecule has 3 nitrogen and oxygen atoms in total. The molecule has 1 aromatic carbocycles. The van der Waals surface area contributed by atoms with E-state index in [-0.39, 0.29) is 0 Å². The predicted octanol–water partition coefficient (Wildman–Crippen LogP) is 3.35. The highest BCUT2D eigenvalue weighted by molar-refractivity contribution is 7.99. The Morgan fingerprint density at radius 1 is 1.44 bits per heavy atom. The third-order valence-corrected chi connectivity index (χ3v) is 3.96. The van der Waals surface area contributed by atoms with Gasteiger partial charge < -0.3 is 10.3 Å². The highest BCUT2D eigenvalue weighted by Crippen LogP contribution is 2.20. The van der Waals surface area contributed by atoms with Gasteiger partial charge in [0.1, 0.15) is 0 Å². The van der Waals surface area contributed by atoms with Crippen LogP contribution in [0.2, 0.25) is 0 Å². The molecular weight excluding hydrogens is 242 g/mol. The molecular formula is C14H21N3S. The number of hydrogen-bond donors (Lipinski definition) is 2. The van der Waals surface area contributed by atoms with Crippen LogP contribution in [0.3, 0.4) is 0 Å². The van der Waals surface area contributed by atoms with Crippen LogP contribution in [0, 0.1) is 6.92 Å². The van der Waals surface area contributed by atoms with Gasteiger partial charge in [0.2, 0.25) is 0 Å². The highest BCUT2D eigenvalue weighted by atomic mass is 32.2. The Balaban J connectivity index is 1.95. The third kappa shape index (κ3) is 3.50. The minimum absolute atomic E-state index is 0.518. The van der Waals surface area contributed by atoms with Crippen molar-refractivity contribution in [2.75, 3.05) is 12.3 Å². The molecule has 1 atom stereocenters. The summed E-state index contributed by atoms with van der Waals surface area (Å²) in [7, 11) is 0. The fourth-order valence-corrected chi connectivity index (χ4v) is 2.69. The van der Waals surface area contributed by atoms with E-state index in [2.05, 4.69) is 54.3 Å². The molecule has 0 saturated carbocycles. The summed E-state index contributed by atoms with van der Waals surface area (Å²) in [4.78, 5) is 7.96. The Morgan fingerprint density at radius 2 is 2.28 bits per heavy atom. The van der Waals surface area contributed by atoms with Crippen LogP contribution in [-0.4, -0.2) is 28.3 Å². The first-order valence-corrected chi connectivity index (χ1v) is 7.50. The van der Waals surface area contributed by atoms with E-state index in [1.165, 1.54) is 12.0 Å². The lowest BCUT2D eigenvalue weighted by Crippen LogP contribution is -2.28. The Hall–Kier alpha value is -1.00. The van der Waals surface area contributed by atoms with Crippen molar-refractivity contribution in [1.29, 1.82) is 0 Å². The van der Waals surface area contributed by atoms with Gasteiger partial charge in [-0.2, -0.15) is 0 Å². The number of fused-ring (bicyclic) bond motifs is 1. The largest absolute Gasteiger partial charge is 0.333 e. The van der Waals surface area contributed by atoms with Crippen LogP contribution in [0.15, 0.2) is 23.4 Å². The van der Waals surface area contributed by atoms with E-state index >= 15 is 0 Å². The second-order valence-corrected chi connectivity index (χ2v) is 5.74. The van der Waals surface area contributed by atoms with Crippen LogP contribution in [0.1, 0.15) is 25.8 Å². The van der Waals surface area contributed by atoms with Crippen molar-refractivity contribution in [1.82, 2.24) is 15.3 Å². The normalized spacial score (nSPS) is 13.1. The van der Waals surface area contributed by atoms with Gasteiger partial charge in [-0.1, -0.05) is 24.8 Å². The Bertz CT molecular complexity index is 507. The monoisotopic (exact) mass is 263 g/mol. The zero-order valence-electron chi connectivity index (χ0n) is 11.3. The summed E-state index contributed by atoms with van der Waals surface area (Å²) in [5.74, 6) is 1.04. The number of aryl methyl sites for hydroxylation is 1. The number of benzene rings is 1. The van der Waals surface area contributed by atoms with E-state index in [0.717, 1.165) is 28.5 Å². The lowest BCUT2D eigenvalue weighted by Gasteiger charge is -2.11. The van der Waals surface area contributed by atoms with Crippen LogP contribution < -0.4 is 5.32 Å². The van der Waals surface area contributed by atoms with E-state index < -0.39 is 0 Å². The smallest absolute Gasteiger partial charge is 0.166 e. The van der Waals surface area contributed by atoms with Gasteiger partial charge in [0.05, 0.1) is 11.0 Å². The maximum absolute atomic E-state index is 4.59. The number of H-pyrrole nitrogens is 1. The van der Waals surface area contributed by atoms with Gasteiger partial charge in [-0.25, -0.2) is 4.98 Å². The van der Waals surface area contributed by atoms with Crippen molar-refractivity contribution in [2.24, 2.45) is 0 Å². The molecule has 0 fully saturated rings. The van der Waals surface area contributed by atoms with Gasteiger partial charge in [-0.3, -0.25) is 0 Å². The molecule has 4 heteroatoms. The van der Waals surface area contributed by atoms with Gasteiger partial charge in [-0.05, 0) is 44.5 Å². The molecule has 0 radical (unpaired) electrons. The van der Waals surface area contributed by atoms with Crippen LogP contribution in [0.5, 0.6) is 0 Å². The molecule has 18 heavy (non-hydrogen) atoms. The second kappa shape index (κ2) is 6.25. The summed E-state index contributed by atoms with van der Waals surface area (Å²) < 4.78 is 0. The summed E-state index contributed by atoms with van der Waals surface area (Å²) in [6.45, 7) is 7.59. The molecule has 2 aromatic rings. The fraction of sp³-hybridized carbons (Fsp3) is 0.500. The Kier molecular flexibility index (Phi) is 4.66. The lowest BCUT2D eigenvalue weighted by molar-refractivity contribution is 0.590. The second-order valence-electron chi connectivity index (χ2n) is 4.73. The first-order valence-electron chi connectivity index (χ1n) is 6.51. The molecule has 0 spiro atoms. The van der Waals surface area contributed by atoms with Crippen molar-refractivity contribution >= 4 is 22.8 Å².